The van der Waals surface area contributed by atoms with Crippen molar-refractivity contribution in [2.24, 2.45) is 0 Å². The monoisotopic (exact) mass is 428 g/mol. The number of hydrogen-bond acceptors (Lipinski definition) is 4. The molecule has 0 saturated heterocycles. The molecule has 2 aromatic heterocycles. The molecule has 30 heavy (non-hydrogen) atoms. The normalized spacial score (nSPS) is 20.6. The molecule has 2 atom stereocenters. The molecule has 166 valence electrons. The van der Waals surface area contributed by atoms with Crippen LogP contribution in [0.15, 0.2) is 24.4 Å². The van der Waals surface area contributed by atoms with Crippen molar-refractivity contribution >= 4 is 19.8 Å². The Kier molecular flexibility index (Phi) is 6.22. The lowest BCUT2D eigenvalue weighted by Gasteiger charge is -2.38. The Morgan fingerprint density at radius 3 is 2.43 bits per heavy atom. The van der Waals surface area contributed by atoms with Gasteiger partial charge in [0.05, 0.1) is 22.6 Å². The Hall–Kier alpha value is -1.66. The Morgan fingerprint density at radius 1 is 1.13 bits per heavy atom. The second-order valence-electron chi connectivity index (χ2n) is 11.3. The van der Waals surface area contributed by atoms with Crippen LogP contribution < -0.4 is 5.32 Å². The van der Waals surface area contributed by atoms with E-state index in [0.717, 1.165) is 36.5 Å². The molecule has 6 heteroatoms. The molecule has 0 spiro atoms. The van der Waals surface area contributed by atoms with Crippen LogP contribution in [0.25, 0.3) is 0 Å². The van der Waals surface area contributed by atoms with E-state index < -0.39 is 8.32 Å². The standard InChI is InChI=1S/C24H40N4OSi/c1-17-20(11-10-14-25-17)26-22-16-21(27-28(22)23(2,3)4)18-12-13-19(15-18)29-30(8,9)24(5,6)7/h10-11,14,16,18-19,26H,12-13,15H2,1-9H3/t18-,19+/m0/s1. The third-order valence-electron chi connectivity index (χ3n) is 6.70. The van der Waals surface area contributed by atoms with E-state index in [0.29, 0.717) is 12.0 Å². The van der Waals surface area contributed by atoms with Gasteiger partial charge in [0.15, 0.2) is 8.32 Å². The first-order valence-corrected chi connectivity index (χ1v) is 14.2. The third kappa shape index (κ3) is 4.97. The summed E-state index contributed by atoms with van der Waals surface area (Å²) in [5, 5.41) is 8.88. The van der Waals surface area contributed by atoms with E-state index in [4.69, 9.17) is 9.52 Å². The fraction of sp³-hybridized carbons (Fsp3) is 0.667. The number of hydrogen-bond donors (Lipinski definition) is 1. The summed E-state index contributed by atoms with van der Waals surface area (Å²) in [5.41, 5.74) is 3.09. The molecule has 0 radical (unpaired) electrons. The average molecular weight is 429 g/mol. The molecule has 2 heterocycles. The van der Waals surface area contributed by atoms with Gasteiger partial charge in [-0.3, -0.25) is 4.98 Å². The van der Waals surface area contributed by atoms with E-state index in [1.165, 1.54) is 5.69 Å². The lowest BCUT2D eigenvalue weighted by molar-refractivity contribution is 0.186. The molecule has 0 amide bonds. The van der Waals surface area contributed by atoms with Crippen LogP contribution in [0.5, 0.6) is 0 Å². The molecule has 0 unspecified atom stereocenters. The minimum absolute atomic E-state index is 0.105. The molecule has 3 rings (SSSR count). The van der Waals surface area contributed by atoms with Crippen LogP contribution >= 0.6 is 0 Å². The Morgan fingerprint density at radius 2 is 1.83 bits per heavy atom. The van der Waals surface area contributed by atoms with Crippen molar-refractivity contribution in [3.8, 4) is 0 Å². The topological polar surface area (TPSA) is 52.0 Å². The molecule has 1 aliphatic carbocycles. The highest BCUT2D eigenvalue weighted by Gasteiger charge is 2.41. The number of anilines is 2. The van der Waals surface area contributed by atoms with E-state index in [2.05, 4.69) is 81.8 Å². The first-order valence-electron chi connectivity index (χ1n) is 11.2. The van der Waals surface area contributed by atoms with Crippen molar-refractivity contribution < 1.29 is 4.43 Å². The lowest BCUT2D eigenvalue weighted by atomic mass is 10.0. The summed E-state index contributed by atoms with van der Waals surface area (Å²) in [6, 6.07) is 6.27. The van der Waals surface area contributed by atoms with Crippen LogP contribution in [0.4, 0.5) is 11.5 Å². The van der Waals surface area contributed by atoms with Crippen molar-refractivity contribution in [3.63, 3.8) is 0 Å². The van der Waals surface area contributed by atoms with E-state index in [9.17, 15) is 0 Å². The maximum Gasteiger partial charge on any atom is 0.192 e. The first-order chi connectivity index (χ1) is 13.8. The number of nitrogens with one attached hydrogen (secondary N) is 1. The van der Waals surface area contributed by atoms with Gasteiger partial charge >= 0.3 is 0 Å². The van der Waals surface area contributed by atoms with Gasteiger partial charge in [0, 0.05) is 24.3 Å². The Labute approximate surface area is 183 Å². The molecule has 0 bridgehead atoms. The largest absolute Gasteiger partial charge is 0.414 e. The van der Waals surface area contributed by atoms with Gasteiger partial charge in [0.25, 0.3) is 0 Å². The summed E-state index contributed by atoms with van der Waals surface area (Å²) in [6.45, 7) is 20.3. The SMILES string of the molecule is Cc1ncccc1Nc1cc([C@H]2CC[C@@H](O[Si](C)(C)C(C)(C)C)C2)nn1C(C)(C)C. The molecule has 5 nitrogen and oxygen atoms in total. The zero-order valence-electron chi connectivity index (χ0n) is 20.3. The number of nitrogens with zero attached hydrogens (tertiary/aromatic N) is 3. The Bertz CT molecular complexity index is 876. The highest BCUT2D eigenvalue weighted by atomic mass is 28.4. The zero-order chi connectivity index (χ0) is 22.3. The van der Waals surface area contributed by atoms with Crippen LogP contribution in [-0.4, -0.2) is 29.2 Å². The minimum Gasteiger partial charge on any atom is -0.414 e. The fourth-order valence-electron chi connectivity index (χ4n) is 3.86. The highest BCUT2D eigenvalue weighted by molar-refractivity contribution is 6.74. The van der Waals surface area contributed by atoms with Crippen LogP contribution in [0, 0.1) is 6.92 Å². The minimum atomic E-state index is -1.74. The summed E-state index contributed by atoms with van der Waals surface area (Å²) >= 11 is 0. The van der Waals surface area contributed by atoms with Crippen LogP contribution in [-0.2, 0) is 9.96 Å². The van der Waals surface area contributed by atoms with Gasteiger partial charge in [-0.05, 0) is 77.2 Å². The van der Waals surface area contributed by atoms with Gasteiger partial charge < -0.3 is 9.74 Å². The summed E-state index contributed by atoms with van der Waals surface area (Å²) in [6.07, 6.45) is 5.52. The quantitative estimate of drug-likeness (QED) is 0.536. The third-order valence-corrected chi connectivity index (χ3v) is 11.2. The number of pyridine rings is 1. The maximum absolute atomic E-state index is 6.71. The number of rotatable bonds is 5. The predicted molar refractivity (Wildman–Crippen MR) is 128 cm³/mol. The second kappa shape index (κ2) is 8.12. The summed E-state index contributed by atoms with van der Waals surface area (Å²) in [7, 11) is -1.74. The molecule has 1 N–H and O–H groups in total. The van der Waals surface area contributed by atoms with Gasteiger partial charge in [-0.1, -0.05) is 20.8 Å². The van der Waals surface area contributed by atoms with Crippen molar-refractivity contribution in [3.05, 3.63) is 35.8 Å². The van der Waals surface area contributed by atoms with Gasteiger partial charge in [-0.15, -0.1) is 0 Å². The van der Waals surface area contributed by atoms with Gasteiger partial charge in [-0.25, -0.2) is 4.68 Å². The molecule has 2 aromatic rings. The van der Waals surface area contributed by atoms with Crippen molar-refractivity contribution in [2.45, 2.75) is 103 Å². The summed E-state index contributed by atoms with van der Waals surface area (Å²) in [5.74, 6) is 1.49. The summed E-state index contributed by atoms with van der Waals surface area (Å²) in [4.78, 5) is 4.41. The Balaban J connectivity index is 1.80. The highest BCUT2D eigenvalue weighted by Crippen LogP contribution is 2.43. The van der Waals surface area contributed by atoms with Crippen molar-refractivity contribution in [2.75, 3.05) is 5.32 Å². The molecule has 0 aromatic carbocycles. The molecule has 0 aliphatic heterocycles. The second-order valence-corrected chi connectivity index (χ2v) is 16.1. The number of aryl methyl sites for hydroxylation is 1. The van der Waals surface area contributed by atoms with Gasteiger partial charge in [0.2, 0.25) is 0 Å². The van der Waals surface area contributed by atoms with Gasteiger partial charge in [0.1, 0.15) is 5.82 Å². The average Bonchev–Trinajstić information content (AvgIpc) is 3.22. The molecular formula is C24H40N4OSi. The summed E-state index contributed by atoms with van der Waals surface area (Å²) < 4.78 is 8.83. The van der Waals surface area contributed by atoms with Crippen molar-refractivity contribution in [1.82, 2.24) is 14.8 Å². The number of aromatic nitrogens is 3. The molecule has 1 fully saturated rings. The molecule has 1 saturated carbocycles. The molecular weight excluding hydrogens is 388 g/mol. The predicted octanol–water partition coefficient (Wildman–Crippen LogP) is 6.74. The van der Waals surface area contributed by atoms with E-state index in [1.807, 2.05) is 19.2 Å². The first kappa shape index (κ1) is 23.0. The van der Waals surface area contributed by atoms with E-state index >= 15 is 0 Å². The fourth-order valence-corrected chi connectivity index (χ4v) is 5.26. The van der Waals surface area contributed by atoms with Crippen LogP contribution in [0.2, 0.25) is 18.1 Å². The maximum atomic E-state index is 6.71. The van der Waals surface area contributed by atoms with Crippen molar-refractivity contribution in [1.29, 1.82) is 0 Å². The van der Waals surface area contributed by atoms with Crippen LogP contribution in [0.3, 0.4) is 0 Å². The van der Waals surface area contributed by atoms with E-state index in [1.54, 1.807) is 0 Å². The van der Waals surface area contributed by atoms with Gasteiger partial charge in [-0.2, -0.15) is 5.10 Å². The smallest absolute Gasteiger partial charge is 0.192 e. The van der Waals surface area contributed by atoms with E-state index in [-0.39, 0.29) is 10.6 Å². The van der Waals surface area contributed by atoms with Crippen LogP contribution in [0.1, 0.15) is 78.1 Å². The lowest BCUT2D eigenvalue weighted by Crippen LogP contribution is -2.43. The zero-order valence-corrected chi connectivity index (χ0v) is 21.3. The molecule has 1 aliphatic rings.